The lowest BCUT2D eigenvalue weighted by Gasteiger charge is -2.14. The van der Waals surface area contributed by atoms with Crippen molar-refractivity contribution in [3.8, 4) is 11.3 Å². The first-order valence-electron chi connectivity index (χ1n) is 7.59. The quantitative estimate of drug-likeness (QED) is 0.682. The number of nitrogens with zero attached hydrogens (tertiary/aromatic N) is 2. The summed E-state index contributed by atoms with van der Waals surface area (Å²) in [5, 5.41) is 0. The zero-order valence-electron chi connectivity index (χ0n) is 13.3. The molecule has 25 heavy (non-hydrogen) atoms. The number of rotatable bonds is 4. The molecule has 1 unspecified atom stereocenters. The van der Waals surface area contributed by atoms with Crippen LogP contribution in [0.15, 0.2) is 65.7 Å². The Labute approximate surface area is 142 Å². The van der Waals surface area contributed by atoms with E-state index in [4.69, 9.17) is 0 Å². The number of Topliss-reactive ketones (excluding diaryl/α,β-unsaturated/α-hetero) is 1. The maximum atomic E-state index is 13.0. The topological polar surface area (TPSA) is 52.0 Å². The Morgan fingerprint density at radius 1 is 1.00 bits per heavy atom. The molecule has 0 saturated heterocycles. The molecule has 0 amide bonds. The molecule has 0 aliphatic heterocycles. The van der Waals surface area contributed by atoms with Crippen LogP contribution in [0.2, 0.25) is 0 Å². The molecular formula is C19H14F2N2O2. The van der Waals surface area contributed by atoms with Gasteiger partial charge in [-0.25, -0.2) is 13.8 Å². The summed E-state index contributed by atoms with van der Waals surface area (Å²) in [7, 11) is 0. The van der Waals surface area contributed by atoms with Gasteiger partial charge in [0, 0.05) is 17.2 Å². The van der Waals surface area contributed by atoms with E-state index in [1.54, 1.807) is 6.92 Å². The molecule has 1 atom stereocenters. The number of hydrogen-bond donors (Lipinski definition) is 0. The van der Waals surface area contributed by atoms with Gasteiger partial charge in [0.05, 0.1) is 18.1 Å². The Morgan fingerprint density at radius 2 is 1.56 bits per heavy atom. The zero-order valence-corrected chi connectivity index (χ0v) is 13.3. The van der Waals surface area contributed by atoms with Gasteiger partial charge >= 0.3 is 0 Å². The highest BCUT2D eigenvalue weighted by atomic mass is 19.1. The molecule has 0 radical (unpaired) electrons. The molecule has 1 heterocycles. The molecule has 0 N–H and O–H groups in total. The third-order valence-electron chi connectivity index (χ3n) is 3.90. The molecule has 4 nitrogen and oxygen atoms in total. The van der Waals surface area contributed by atoms with Gasteiger partial charge in [0.15, 0.2) is 5.78 Å². The number of ketones is 1. The molecule has 0 fully saturated rings. The van der Waals surface area contributed by atoms with Crippen LogP contribution in [-0.2, 0) is 0 Å². The minimum Gasteiger partial charge on any atom is -0.292 e. The van der Waals surface area contributed by atoms with Crippen molar-refractivity contribution in [2.75, 3.05) is 0 Å². The van der Waals surface area contributed by atoms with Crippen LogP contribution in [0.25, 0.3) is 11.3 Å². The molecular weight excluding hydrogens is 326 g/mol. The first kappa shape index (κ1) is 16.7. The zero-order chi connectivity index (χ0) is 18.0. The van der Waals surface area contributed by atoms with Crippen LogP contribution < -0.4 is 5.56 Å². The van der Waals surface area contributed by atoms with Gasteiger partial charge in [0.2, 0.25) is 0 Å². The van der Waals surface area contributed by atoms with E-state index in [2.05, 4.69) is 4.98 Å². The lowest BCUT2D eigenvalue weighted by Crippen LogP contribution is -2.28. The standard InChI is InChI=1S/C19H14F2N2O2/c1-12(19(25)14-4-8-16(21)9-5-14)23-11-22-17(10-18(23)24)13-2-6-15(20)7-3-13/h2-12H,1H3. The summed E-state index contributed by atoms with van der Waals surface area (Å²) in [5.41, 5.74) is 0.895. The van der Waals surface area contributed by atoms with E-state index in [1.165, 1.54) is 65.5 Å². The number of benzene rings is 2. The maximum Gasteiger partial charge on any atom is 0.254 e. The Kier molecular flexibility index (Phi) is 4.52. The predicted octanol–water partition coefficient (Wildman–Crippen LogP) is 3.63. The Balaban J connectivity index is 1.90. The average molecular weight is 340 g/mol. The van der Waals surface area contributed by atoms with Crippen molar-refractivity contribution in [3.05, 3.63) is 88.5 Å². The number of hydrogen-bond acceptors (Lipinski definition) is 3. The van der Waals surface area contributed by atoms with Gasteiger partial charge in [-0.1, -0.05) is 0 Å². The number of carbonyl (C=O) groups excluding carboxylic acids is 1. The van der Waals surface area contributed by atoms with E-state index in [1.807, 2.05) is 0 Å². The van der Waals surface area contributed by atoms with Crippen molar-refractivity contribution >= 4 is 5.78 Å². The number of carbonyl (C=O) groups is 1. The second-order valence-electron chi connectivity index (χ2n) is 5.57. The molecule has 3 aromatic rings. The van der Waals surface area contributed by atoms with Crippen LogP contribution in [-0.4, -0.2) is 15.3 Å². The Bertz CT molecular complexity index is 964. The van der Waals surface area contributed by atoms with E-state index < -0.39 is 17.4 Å². The van der Waals surface area contributed by atoms with Crippen LogP contribution in [0, 0.1) is 11.6 Å². The van der Waals surface area contributed by atoms with Crippen molar-refractivity contribution in [1.29, 1.82) is 0 Å². The van der Waals surface area contributed by atoms with Crippen molar-refractivity contribution in [2.24, 2.45) is 0 Å². The van der Waals surface area contributed by atoms with Gasteiger partial charge in [0.1, 0.15) is 11.6 Å². The summed E-state index contributed by atoms with van der Waals surface area (Å²) >= 11 is 0. The highest BCUT2D eigenvalue weighted by Gasteiger charge is 2.18. The van der Waals surface area contributed by atoms with E-state index in [9.17, 15) is 18.4 Å². The van der Waals surface area contributed by atoms with Gasteiger partial charge in [-0.2, -0.15) is 0 Å². The Morgan fingerprint density at radius 3 is 2.12 bits per heavy atom. The average Bonchev–Trinajstić information content (AvgIpc) is 2.62. The van der Waals surface area contributed by atoms with Gasteiger partial charge in [-0.15, -0.1) is 0 Å². The van der Waals surface area contributed by atoms with Gasteiger partial charge in [-0.05, 0) is 55.5 Å². The van der Waals surface area contributed by atoms with E-state index >= 15 is 0 Å². The second kappa shape index (κ2) is 6.76. The first-order chi connectivity index (χ1) is 12.0. The Hall–Kier alpha value is -3.15. The van der Waals surface area contributed by atoms with E-state index in [-0.39, 0.29) is 11.6 Å². The summed E-state index contributed by atoms with van der Waals surface area (Å²) in [4.78, 5) is 29.0. The smallest absolute Gasteiger partial charge is 0.254 e. The van der Waals surface area contributed by atoms with E-state index in [0.29, 0.717) is 16.8 Å². The van der Waals surface area contributed by atoms with Gasteiger partial charge in [0.25, 0.3) is 5.56 Å². The fourth-order valence-electron chi connectivity index (χ4n) is 2.46. The minimum absolute atomic E-state index is 0.309. The monoisotopic (exact) mass is 340 g/mol. The molecule has 1 aromatic heterocycles. The van der Waals surface area contributed by atoms with Crippen LogP contribution in [0.1, 0.15) is 23.3 Å². The molecule has 0 saturated carbocycles. The lowest BCUT2D eigenvalue weighted by atomic mass is 10.1. The number of aromatic nitrogens is 2. The third kappa shape index (κ3) is 3.52. The van der Waals surface area contributed by atoms with Crippen LogP contribution >= 0.6 is 0 Å². The van der Waals surface area contributed by atoms with Crippen molar-refractivity contribution < 1.29 is 13.6 Å². The predicted molar refractivity (Wildman–Crippen MR) is 89.3 cm³/mol. The van der Waals surface area contributed by atoms with Gasteiger partial charge in [-0.3, -0.25) is 14.2 Å². The highest BCUT2D eigenvalue weighted by Crippen LogP contribution is 2.17. The molecule has 0 aliphatic rings. The van der Waals surface area contributed by atoms with Crippen molar-refractivity contribution in [2.45, 2.75) is 13.0 Å². The third-order valence-corrected chi connectivity index (χ3v) is 3.90. The molecule has 2 aromatic carbocycles. The highest BCUT2D eigenvalue weighted by molar-refractivity contribution is 5.98. The summed E-state index contributed by atoms with van der Waals surface area (Å²) < 4.78 is 27.2. The molecule has 6 heteroatoms. The molecule has 3 rings (SSSR count). The molecule has 126 valence electrons. The fraction of sp³-hybridized carbons (Fsp3) is 0.105. The summed E-state index contributed by atoms with van der Waals surface area (Å²) in [6.45, 7) is 1.58. The van der Waals surface area contributed by atoms with Gasteiger partial charge < -0.3 is 0 Å². The van der Waals surface area contributed by atoms with Crippen LogP contribution in [0.4, 0.5) is 8.78 Å². The van der Waals surface area contributed by atoms with E-state index in [0.717, 1.165) is 0 Å². The van der Waals surface area contributed by atoms with Crippen molar-refractivity contribution in [3.63, 3.8) is 0 Å². The lowest BCUT2D eigenvalue weighted by molar-refractivity contribution is 0.0932. The fourth-order valence-corrected chi connectivity index (χ4v) is 2.46. The van der Waals surface area contributed by atoms with Crippen LogP contribution in [0.3, 0.4) is 0 Å². The number of halogens is 2. The minimum atomic E-state index is -0.785. The normalized spacial score (nSPS) is 12.0. The van der Waals surface area contributed by atoms with Crippen molar-refractivity contribution in [1.82, 2.24) is 9.55 Å². The summed E-state index contributed by atoms with van der Waals surface area (Å²) in [6, 6.07) is 11.3. The SMILES string of the molecule is CC(C(=O)c1ccc(F)cc1)n1cnc(-c2ccc(F)cc2)cc1=O. The summed E-state index contributed by atoms with van der Waals surface area (Å²) in [6.07, 6.45) is 1.28. The molecule has 0 spiro atoms. The molecule has 0 aliphatic carbocycles. The van der Waals surface area contributed by atoms with Crippen LogP contribution in [0.5, 0.6) is 0 Å². The molecule has 0 bridgehead atoms. The second-order valence-corrected chi connectivity index (χ2v) is 5.57. The maximum absolute atomic E-state index is 13.0. The first-order valence-corrected chi connectivity index (χ1v) is 7.59. The largest absolute Gasteiger partial charge is 0.292 e. The summed E-state index contributed by atoms with van der Waals surface area (Å²) in [5.74, 6) is -1.14.